The molecule has 29 heavy (non-hydrogen) atoms. The summed E-state index contributed by atoms with van der Waals surface area (Å²) < 4.78 is 5.76. The molecule has 0 radical (unpaired) electrons. The monoisotopic (exact) mass is 404 g/mol. The molecule has 0 bridgehead atoms. The Balaban J connectivity index is 1.61. The third kappa shape index (κ3) is 4.31. The normalized spacial score (nSPS) is 10.7. The molecule has 2 amide bonds. The van der Waals surface area contributed by atoms with Gasteiger partial charge in [0.25, 0.3) is 5.91 Å². The SMILES string of the molecule is O=C(Cc1ccc(Cl)cc1)Nc1c(C(=O)Nc2ccccc2)oc2ccccc12. The van der Waals surface area contributed by atoms with Gasteiger partial charge in [0, 0.05) is 16.1 Å². The molecule has 5 nitrogen and oxygen atoms in total. The van der Waals surface area contributed by atoms with Crippen molar-refractivity contribution in [3.8, 4) is 0 Å². The number of hydrogen-bond acceptors (Lipinski definition) is 3. The van der Waals surface area contributed by atoms with Crippen LogP contribution in [0.15, 0.2) is 83.3 Å². The molecule has 0 spiro atoms. The van der Waals surface area contributed by atoms with Crippen LogP contribution in [0.4, 0.5) is 11.4 Å². The molecule has 0 aliphatic heterocycles. The quantitative estimate of drug-likeness (QED) is 0.460. The fourth-order valence-corrected chi connectivity index (χ4v) is 3.14. The second kappa shape index (κ2) is 8.20. The van der Waals surface area contributed by atoms with E-state index in [4.69, 9.17) is 16.0 Å². The van der Waals surface area contributed by atoms with Crippen LogP contribution in [0, 0.1) is 0 Å². The maximum absolute atomic E-state index is 12.8. The van der Waals surface area contributed by atoms with E-state index in [2.05, 4.69) is 10.6 Å². The van der Waals surface area contributed by atoms with Gasteiger partial charge in [-0.15, -0.1) is 0 Å². The van der Waals surface area contributed by atoms with Gasteiger partial charge in [0.05, 0.1) is 6.42 Å². The Morgan fingerprint density at radius 3 is 2.28 bits per heavy atom. The lowest BCUT2D eigenvalue weighted by molar-refractivity contribution is -0.115. The summed E-state index contributed by atoms with van der Waals surface area (Å²) in [6.45, 7) is 0. The zero-order valence-electron chi connectivity index (χ0n) is 15.3. The Kier molecular flexibility index (Phi) is 5.31. The lowest BCUT2D eigenvalue weighted by atomic mass is 10.1. The van der Waals surface area contributed by atoms with Crippen LogP contribution in [0.3, 0.4) is 0 Å². The number of halogens is 1. The van der Waals surface area contributed by atoms with Gasteiger partial charge in [-0.1, -0.05) is 54.1 Å². The summed E-state index contributed by atoms with van der Waals surface area (Å²) in [6.07, 6.45) is 0.149. The molecule has 0 atom stereocenters. The average Bonchev–Trinajstić information content (AvgIpc) is 3.09. The molecule has 0 unspecified atom stereocenters. The molecule has 1 aromatic heterocycles. The molecule has 0 aliphatic rings. The third-order valence-electron chi connectivity index (χ3n) is 4.38. The minimum absolute atomic E-state index is 0.0551. The standard InChI is InChI=1S/C23H17ClN2O3/c24-16-12-10-15(11-13-16)14-20(27)26-21-18-8-4-5-9-19(18)29-22(21)23(28)25-17-6-2-1-3-7-17/h1-13H,14H2,(H,25,28)(H,26,27). The van der Waals surface area contributed by atoms with Crippen molar-refractivity contribution in [2.45, 2.75) is 6.42 Å². The molecule has 3 aromatic carbocycles. The van der Waals surface area contributed by atoms with Crippen LogP contribution in [0.25, 0.3) is 11.0 Å². The summed E-state index contributed by atoms with van der Waals surface area (Å²) in [5, 5.41) is 6.90. The van der Waals surface area contributed by atoms with Crippen LogP contribution < -0.4 is 10.6 Å². The lowest BCUT2D eigenvalue weighted by Crippen LogP contribution is -2.18. The summed E-state index contributed by atoms with van der Waals surface area (Å²) in [6, 6.07) is 23.3. The highest BCUT2D eigenvalue weighted by atomic mass is 35.5. The van der Waals surface area contributed by atoms with Gasteiger partial charge in [0.15, 0.2) is 0 Å². The van der Waals surface area contributed by atoms with Crippen molar-refractivity contribution in [1.29, 1.82) is 0 Å². The highest BCUT2D eigenvalue weighted by Crippen LogP contribution is 2.31. The summed E-state index contributed by atoms with van der Waals surface area (Å²) in [5.41, 5.74) is 2.33. The fraction of sp³-hybridized carbons (Fsp3) is 0.0435. The van der Waals surface area contributed by atoms with E-state index >= 15 is 0 Å². The minimum atomic E-state index is -0.436. The number of para-hydroxylation sites is 2. The first kappa shape index (κ1) is 18.8. The maximum Gasteiger partial charge on any atom is 0.293 e. The van der Waals surface area contributed by atoms with E-state index in [1.807, 2.05) is 30.3 Å². The molecule has 0 fully saturated rings. The van der Waals surface area contributed by atoms with Crippen molar-refractivity contribution < 1.29 is 14.0 Å². The number of benzene rings is 3. The van der Waals surface area contributed by atoms with Crippen molar-refractivity contribution in [1.82, 2.24) is 0 Å². The number of furan rings is 1. The van der Waals surface area contributed by atoms with Crippen molar-refractivity contribution in [3.05, 3.63) is 95.2 Å². The average molecular weight is 405 g/mol. The number of rotatable bonds is 5. The highest BCUT2D eigenvalue weighted by Gasteiger charge is 2.22. The molecule has 6 heteroatoms. The van der Waals surface area contributed by atoms with Crippen LogP contribution in [-0.4, -0.2) is 11.8 Å². The molecular weight excluding hydrogens is 388 g/mol. The number of hydrogen-bond donors (Lipinski definition) is 2. The first-order valence-corrected chi connectivity index (χ1v) is 9.40. The smallest absolute Gasteiger partial charge is 0.293 e. The Labute approximate surface area is 172 Å². The summed E-state index contributed by atoms with van der Waals surface area (Å²) in [7, 11) is 0. The van der Waals surface area contributed by atoms with Crippen molar-refractivity contribution in [2.24, 2.45) is 0 Å². The molecule has 4 aromatic rings. The number of anilines is 2. The van der Waals surface area contributed by atoms with Gasteiger partial charge in [-0.3, -0.25) is 9.59 Å². The second-order valence-corrected chi connectivity index (χ2v) is 6.91. The molecule has 144 valence electrons. The molecule has 2 N–H and O–H groups in total. The van der Waals surface area contributed by atoms with Crippen LogP contribution in [0.2, 0.25) is 5.02 Å². The molecular formula is C23H17ClN2O3. The van der Waals surface area contributed by atoms with Gasteiger partial charge < -0.3 is 15.1 Å². The predicted molar refractivity (Wildman–Crippen MR) is 114 cm³/mol. The molecule has 1 heterocycles. The predicted octanol–water partition coefficient (Wildman–Crippen LogP) is 5.52. The van der Waals surface area contributed by atoms with Gasteiger partial charge in [-0.25, -0.2) is 0 Å². The molecule has 0 saturated carbocycles. The largest absolute Gasteiger partial charge is 0.449 e. The molecule has 0 aliphatic carbocycles. The summed E-state index contributed by atoms with van der Waals surface area (Å²) in [5.74, 6) is -0.638. The lowest BCUT2D eigenvalue weighted by Gasteiger charge is -2.07. The Morgan fingerprint density at radius 2 is 1.52 bits per heavy atom. The molecule has 4 rings (SSSR count). The van der Waals surface area contributed by atoms with E-state index in [9.17, 15) is 9.59 Å². The maximum atomic E-state index is 12.8. The van der Waals surface area contributed by atoms with Crippen LogP contribution in [-0.2, 0) is 11.2 Å². The third-order valence-corrected chi connectivity index (χ3v) is 4.63. The van der Waals surface area contributed by atoms with E-state index in [-0.39, 0.29) is 18.1 Å². The minimum Gasteiger partial charge on any atom is -0.449 e. The van der Waals surface area contributed by atoms with Crippen LogP contribution >= 0.6 is 11.6 Å². The number of nitrogens with one attached hydrogen (secondary N) is 2. The van der Waals surface area contributed by atoms with Crippen LogP contribution in [0.5, 0.6) is 0 Å². The van der Waals surface area contributed by atoms with E-state index < -0.39 is 5.91 Å². The number of amides is 2. The number of carbonyl (C=O) groups excluding carboxylic acids is 2. The number of fused-ring (bicyclic) bond motifs is 1. The Morgan fingerprint density at radius 1 is 0.828 bits per heavy atom. The van der Waals surface area contributed by atoms with Gasteiger partial charge in [0.1, 0.15) is 11.3 Å². The summed E-state index contributed by atoms with van der Waals surface area (Å²) in [4.78, 5) is 25.4. The zero-order valence-corrected chi connectivity index (χ0v) is 16.1. The topological polar surface area (TPSA) is 71.3 Å². The zero-order chi connectivity index (χ0) is 20.2. The van der Waals surface area contributed by atoms with Crippen molar-refractivity contribution in [3.63, 3.8) is 0 Å². The fourth-order valence-electron chi connectivity index (χ4n) is 3.01. The Hall–Kier alpha value is -3.57. The van der Waals surface area contributed by atoms with Crippen molar-refractivity contribution >= 4 is 45.8 Å². The highest BCUT2D eigenvalue weighted by molar-refractivity contribution is 6.30. The van der Waals surface area contributed by atoms with Gasteiger partial charge in [-0.05, 0) is 42.0 Å². The first-order valence-electron chi connectivity index (χ1n) is 9.02. The van der Waals surface area contributed by atoms with E-state index in [0.29, 0.717) is 27.4 Å². The molecule has 0 saturated heterocycles. The van der Waals surface area contributed by atoms with E-state index in [0.717, 1.165) is 5.56 Å². The Bertz CT molecular complexity index is 1170. The number of carbonyl (C=O) groups is 2. The second-order valence-electron chi connectivity index (χ2n) is 6.47. The first-order chi connectivity index (χ1) is 14.1. The van der Waals surface area contributed by atoms with Gasteiger partial charge >= 0.3 is 0 Å². The van der Waals surface area contributed by atoms with E-state index in [1.54, 1.807) is 48.5 Å². The van der Waals surface area contributed by atoms with Gasteiger partial charge in [0.2, 0.25) is 11.7 Å². The van der Waals surface area contributed by atoms with E-state index in [1.165, 1.54) is 0 Å². The van der Waals surface area contributed by atoms with Crippen molar-refractivity contribution in [2.75, 3.05) is 10.6 Å². The van der Waals surface area contributed by atoms with Crippen LogP contribution in [0.1, 0.15) is 16.1 Å². The summed E-state index contributed by atoms with van der Waals surface area (Å²) >= 11 is 5.89. The van der Waals surface area contributed by atoms with Gasteiger partial charge in [-0.2, -0.15) is 0 Å².